The zero-order valence-corrected chi connectivity index (χ0v) is 13.9. The molecule has 0 fully saturated rings. The molecule has 0 aliphatic rings. The minimum Gasteiger partial charge on any atom is -0.441 e. The van der Waals surface area contributed by atoms with Gasteiger partial charge in [-0.3, -0.25) is 0 Å². The lowest BCUT2D eigenvalue weighted by atomic mass is 9.95. The Morgan fingerprint density at radius 1 is 1.10 bits per heavy atom. The first kappa shape index (κ1) is 15.9. The summed E-state index contributed by atoms with van der Waals surface area (Å²) in [5, 5.41) is 3.68. The maximum absolute atomic E-state index is 5.67. The van der Waals surface area contributed by atoms with Crippen LogP contribution in [0.1, 0.15) is 53.4 Å². The van der Waals surface area contributed by atoms with Gasteiger partial charge in [-0.05, 0) is 42.9 Å². The summed E-state index contributed by atoms with van der Waals surface area (Å²) < 4.78 is 5.67. The van der Waals surface area contributed by atoms with Crippen LogP contribution in [0.25, 0.3) is 11.1 Å². The Morgan fingerprint density at radius 3 is 2.33 bits per heavy atom. The van der Waals surface area contributed by atoms with Gasteiger partial charge in [0.05, 0.1) is 0 Å². The van der Waals surface area contributed by atoms with E-state index in [1.165, 1.54) is 12.8 Å². The molecule has 0 radical (unpaired) electrons. The van der Waals surface area contributed by atoms with E-state index in [1.54, 1.807) is 0 Å². The number of nitrogens with zero attached hydrogens (tertiary/aromatic N) is 1. The fourth-order valence-corrected chi connectivity index (χ4v) is 2.80. The Labute approximate surface area is 128 Å². The van der Waals surface area contributed by atoms with Crippen LogP contribution in [0.15, 0.2) is 22.6 Å². The fraction of sp³-hybridized carbons (Fsp3) is 0.611. The van der Waals surface area contributed by atoms with Crippen molar-refractivity contribution in [2.75, 3.05) is 5.32 Å². The molecular formula is C18H28N2O. The third-order valence-electron chi connectivity index (χ3n) is 3.62. The van der Waals surface area contributed by atoms with Crippen molar-refractivity contribution < 1.29 is 4.42 Å². The van der Waals surface area contributed by atoms with Crippen molar-refractivity contribution >= 4 is 16.8 Å². The number of hydrogen-bond acceptors (Lipinski definition) is 3. The van der Waals surface area contributed by atoms with Gasteiger partial charge in [0.25, 0.3) is 0 Å². The van der Waals surface area contributed by atoms with E-state index in [-0.39, 0.29) is 0 Å². The molecule has 1 N–H and O–H groups in total. The molecule has 1 aromatic carbocycles. The third kappa shape index (κ3) is 4.48. The largest absolute Gasteiger partial charge is 0.441 e. The maximum Gasteiger partial charge on any atom is 0.195 e. The zero-order chi connectivity index (χ0) is 15.4. The molecule has 0 bridgehead atoms. The fourth-order valence-electron chi connectivity index (χ4n) is 2.80. The van der Waals surface area contributed by atoms with Crippen LogP contribution in [0, 0.1) is 11.8 Å². The van der Waals surface area contributed by atoms with Crippen molar-refractivity contribution in [1.82, 2.24) is 4.98 Å². The van der Waals surface area contributed by atoms with Gasteiger partial charge in [-0.2, -0.15) is 0 Å². The second kappa shape index (κ2) is 6.97. The van der Waals surface area contributed by atoms with Gasteiger partial charge in [-0.1, -0.05) is 34.6 Å². The molecule has 0 unspecified atom stereocenters. The Morgan fingerprint density at radius 2 is 1.76 bits per heavy atom. The highest BCUT2D eigenvalue weighted by Crippen LogP contribution is 2.23. The Balaban J connectivity index is 2.15. The molecular weight excluding hydrogens is 260 g/mol. The smallest absolute Gasteiger partial charge is 0.195 e. The lowest BCUT2D eigenvalue weighted by Gasteiger charge is -2.23. The third-order valence-corrected chi connectivity index (χ3v) is 3.62. The molecule has 21 heavy (non-hydrogen) atoms. The molecule has 2 aromatic rings. The maximum atomic E-state index is 5.67. The monoisotopic (exact) mass is 288 g/mol. The molecule has 0 amide bonds. The van der Waals surface area contributed by atoms with Crippen LogP contribution in [0.3, 0.4) is 0 Å². The Hall–Kier alpha value is -1.51. The van der Waals surface area contributed by atoms with Gasteiger partial charge >= 0.3 is 0 Å². The van der Waals surface area contributed by atoms with Crippen molar-refractivity contribution in [3.63, 3.8) is 0 Å². The highest BCUT2D eigenvalue weighted by Gasteiger charge is 2.13. The molecule has 0 atom stereocenters. The average molecular weight is 288 g/mol. The lowest BCUT2D eigenvalue weighted by Crippen LogP contribution is -2.23. The lowest BCUT2D eigenvalue weighted by molar-refractivity contribution is 0.442. The highest BCUT2D eigenvalue weighted by atomic mass is 16.3. The van der Waals surface area contributed by atoms with Crippen LogP contribution in [0.2, 0.25) is 0 Å². The van der Waals surface area contributed by atoms with E-state index in [4.69, 9.17) is 4.42 Å². The van der Waals surface area contributed by atoms with E-state index in [0.29, 0.717) is 17.9 Å². The van der Waals surface area contributed by atoms with Crippen LogP contribution in [0.4, 0.5) is 5.69 Å². The van der Waals surface area contributed by atoms with Gasteiger partial charge in [0, 0.05) is 18.2 Å². The topological polar surface area (TPSA) is 38.1 Å². The minimum absolute atomic E-state index is 0.514. The van der Waals surface area contributed by atoms with E-state index in [2.05, 4.69) is 57.1 Å². The van der Waals surface area contributed by atoms with Gasteiger partial charge in [0.2, 0.25) is 0 Å². The van der Waals surface area contributed by atoms with Crippen molar-refractivity contribution in [3.05, 3.63) is 24.1 Å². The summed E-state index contributed by atoms with van der Waals surface area (Å²) in [4.78, 5) is 4.51. The van der Waals surface area contributed by atoms with Gasteiger partial charge in [0.1, 0.15) is 5.52 Å². The molecule has 0 saturated heterocycles. The number of hydrogen-bond donors (Lipinski definition) is 1. The summed E-state index contributed by atoms with van der Waals surface area (Å²) in [6.07, 6.45) is 3.21. The Bertz CT molecular complexity index is 562. The second-order valence-electron chi connectivity index (χ2n) is 6.74. The van der Waals surface area contributed by atoms with Crippen LogP contribution in [0.5, 0.6) is 0 Å². The predicted octanol–water partition coefficient (Wildman–Crippen LogP) is 5.26. The molecule has 2 rings (SSSR count). The normalized spacial score (nSPS) is 12.0. The summed E-state index contributed by atoms with van der Waals surface area (Å²) in [5.41, 5.74) is 2.97. The molecule has 1 aromatic heterocycles. The van der Waals surface area contributed by atoms with E-state index in [0.717, 1.165) is 29.1 Å². The number of rotatable bonds is 7. The van der Waals surface area contributed by atoms with Crippen molar-refractivity contribution in [2.24, 2.45) is 11.8 Å². The molecule has 0 aliphatic carbocycles. The standard InChI is InChI=1S/C18H28N2O/c1-6-18-20-16-11-14(7-8-17(16)21-18)19-15(9-12(2)3)10-13(4)5/h7-8,11-13,15,19H,6,9-10H2,1-5H3. The second-order valence-corrected chi connectivity index (χ2v) is 6.74. The summed E-state index contributed by atoms with van der Waals surface area (Å²) >= 11 is 0. The molecule has 1 heterocycles. The molecule has 3 nitrogen and oxygen atoms in total. The van der Waals surface area contributed by atoms with Gasteiger partial charge in [0.15, 0.2) is 11.5 Å². The van der Waals surface area contributed by atoms with Gasteiger partial charge in [-0.15, -0.1) is 0 Å². The quantitative estimate of drug-likeness (QED) is 0.755. The van der Waals surface area contributed by atoms with E-state index in [1.807, 2.05) is 6.07 Å². The predicted molar refractivity (Wildman–Crippen MR) is 89.7 cm³/mol. The number of fused-ring (bicyclic) bond motifs is 1. The number of oxazole rings is 1. The molecule has 3 heteroatoms. The first-order valence-electron chi connectivity index (χ1n) is 8.14. The SMILES string of the molecule is CCc1nc2cc(NC(CC(C)C)CC(C)C)ccc2o1. The van der Waals surface area contributed by atoms with Crippen LogP contribution < -0.4 is 5.32 Å². The number of nitrogens with one attached hydrogen (secondary N) is 1. The van der Waals surface area contributed by atoms with E-state index in [9.17, 15) is 0 Å². The Kier molecular flexibility index (Phi) is 5.27. The van der Waals surface area contributed by atoms with Crippen LogP contribution in [-0.2, 0) is 6.42 Å². The molecule has 0 saturated carbocycles. The average Bonchev–Trinajstić information content (AvgIpc) is 2.79. The number of aryl methyl sites for hydroxylation is 1. The van der Waals surface area contributed by atoms with Crippen molar-refractivity contribution in [2.45, 2.75) is 59.9 Å². The first-order chi connectivity index (χ1) is 9.97. The van der Waals surface area contributed by atoms with Crippen LogP contribution >= 0.6 is 0 Å². The van der Waals surface area contributed by atoms with Gasteiger partial charge in [-0.25, -0.2) is 4.98 Å². The molecule has 0 aliphatic heterocycles. The highest BCUT2D eigenvalue weighted by molar-refractivity contribution is 5.77. The number of anilines is 1. The molecule has 0 spiro atoms. The summed E-state index contributed by atoms with van der Waals surface area (Å²) in [7, 11) is 0. The van der Waals surface area contributed by atoms with Crippen LogP contribution in [-0.4, -0.2) is 11.0 Å². The zero-order valence-electron chi connectivity index (χ0n) is 13.9. The van der Waals surface area contributed by atoms with E-state index >= 15 is 0 Å². The minimum atomic E-state index is 0.514. The van der Waals surface area contributed by atoms with Crippen molar-refractivity contribution in [1.29, 1.82) is 0 Å². The summed E-state index contributed by atoms with van der Waals surface area (Å²) in [5.74, 6) is 2.20. The summed E-state index contributed by atoms with van der Waals surface area (Å²) in [6.45, 7) is 11.2. The number of aromatic nitrogens is 1. The van der Waals surface area contributed by atoms with Crippen molar-refractivity contribution in [3.8, 4) is 0 Å². The van der Waals surface area contributed by atoms with Gasteiger partial charge < -0.3 is 9.73 Å². The number of benzene rings is 1. The molecule has 116 valence electrons. The van der Waals surface area contributed by atoms with E-state index < -0.39 is 0 Å². The summed E-state index contributed by atoms with van der Waals surface area (Å²) in [6, 6.07) is 6.73. The first-order valence-corrected chi connectivity index (χ1v) is 8.14.